The molecule has 0 saturated heterocycles. The Morgan fingerprint density at radius 1 is 1.19 bits per heavy atom. The Balaban J connectivity index is 1.76. The first kappa shape index (κ1) is 21.4. The number of furan rings is 1. The van der Waals surface area contributed by atoms with E-state index in [0.29, 0.717) is 44.6 Å². The molecule has 160 valence electrons. The van der Waals surface area contributed by atoms with Crippen molar-refractivity contribution < 1.29 is 13.6 Å². The highest BCUT2D eigenvalue weighted by Crippen LogP contribution is 2.32. The maximum absolute atomic E-state index is 14.3. The molecule has 0 fully saturated rings. The minimum absolute atomic E-state index is 0.195. The van der Waals surface area contributed by atoms with Crippen LogP contribution in [0.3, 0.4) is 0 Å². The number of benzene rings is 2. The highest BCUT2D eigenvalue weighted by atomic mass is 35.5. The fraction of sp³-hybridized carbons (Fsp3) is 0.217. The number of amides is 1. The molecule has 0 aliphatic carbocycles. The lowest BCUT2D eigenvalue weighted by molar-refractivity contribution is -0.124. The average molecular weight is 460 g/mol. The van der Waals surface area contributed by atoms with Crippen LogP contribution in [0.5, 0.6) is 0 Å². The minimum Gasteiger partial charge on any atom is -0.467 e. The average Bonchev–Trinajstić information content (AvgIpc) is 3.38. The molecule has 0 saturated carbocycles. The van der Waals surface area contributed by atoms with Crippen LogP contribution in [-0.2, 0) is 17.8 Å². The zero-order chi connectivity index (χ0) is 22.0. The van der Waals surface area contributed by atoms with Crippen LogP contribution in [0.4, 0.5) is 4.39 Å². The minimum atomic E-state index is -0.570. The number of halogens is 3. The molecule has 0 spiro atoms. The van der Waals surface area contributed by atoms with Gasteiger partial charge in [-0.15, -0.1) is 0 Å². The number of nitrogens with zero attached hydrogens (tertiary/aromatic N) is 2. The molecule has 8 heteroatoms. The van der Waals surface area contributed by atoms with Gasteiger partial charge in [0, 0.05) is 6.42 Å². The van der Waals surface area contributed by atoms with Crippen molar-refractivity contribution in [1.29, 1.82) is 0 Å². The molecule has 4 aromatic rings. The molecule has 2 heterocycles. The Labute approximate surface area is 188 Å². The molecule has 2 aromatic carbocycles. The van der Waals surface area contributed by atoms with Gasteiger partial charge in [-0.1, -0.05) is 48.3 Å². The van der Waals surface area contributed by atoms with E-state index in [1.54, 1.807) is 48.7 Å². The molecule has 2 aromatic heterocycles. The maximum Gasteiger partial charge on any atom is 0.243 e. The number of imidazole rings is 1. The van der Waals surface area contributed by atoms with Crippen LogP contribution < -0.4 is 5.32 Å². The number of rotatable bonds is 7. The van der Waals surface area contributed by atoms with Gasteiger partial charge in [0.1, 0.15) is 23.4 Å². The molecule has 1 amide bonds. The van der Waals surface area contributed by atoms with Gasteiger partial charge in [-0.25, -0.2) is 9.37 Å². The quantitative estimate of drug-likeness (QED) is 0.372. The third kappa shape index (κ3) is 4.45. The van der Waals surface area contributed by atoms with Crippen molar-refractivity contribution in [1.82, 2.24) is 14.9 Å². The van der Waals surface area contributed by atoms with Crippen LogP contribution in [0.1, 0.15) is 36.5 Å². The number of hydrogen-bond donors (Lipinski definition) is 1. The van der Waals surface area contributed by atoms with Gasteiger partial charge in [0.05, 0.1) is 33.9 Å². The van der Waals surface area contributed by atoms with E-state index in [4.69, 9.17) is 27.6 Å². The Hall–Kier alpha value is -2.83. The summed E-state index contributed by atoms with van der Waals surface area (Å²) >= 11 is 12.5. The van der Waals surface area contributed by atoms with Crippen molar-refractivity contribution in [2.45, 2.75) is 32.4 Å². The Morgan fingerprint density at radius 2 is 1.97 bits per heavy atom. The van der Waals surface area contributed by atoms with Crippen molar-refractivity contribution in [2.75, 3.05) is 0 Å². The highest BCUT2D eigenvalue weighted by molar-refractivity contribution is 6.42. The van der Waals surface area contributed by atoms with Crippen LogP contribution in [0.15, 0.2) is 59.2 Å². The summed E-state index contributed by atoms with van der Waals surface area (Å²) in [6, 6.07) is 12.9. The zero-order valence-corrected chi connectivity index (χ0v) is 18.3. The standard InChI is InChI=1S/C23H20Cl2FN3O2/c1-2-20(23(30)27-13-15-7-5-9-31-15)29-21-12-17(25)16(24)11-19(21)28-22(29)10-14-6-3-4-8-18(14)26/h3-9,11-12,20H,2,10,13H2,1H3,(H,27,30)/t20-/m1/s1. The van der Waals surface area contributed by atoms with Crippen molar-refractivity contribution in [3.63, 3.8) is 0 Å². The fourth-order valence-electron chi connectivity index (χ4n) is 3.62. The zero-order valence-electron chi connectivity index (χ0n) is 16.7. The summed E-state index contributed by atoms with van der Waals surface area (Å²) in [4.78, 5) is 17.8. The second-order valence-electron chi connectivity index (χ2n) is 7.14. The monoisotopic (exact) mass is 459 g/mol. The summed E-state index contributed by atoms with van der Waals surface area (Å²) in [6.07, 6.45) is 2.28. The number of fused-ring (bicyclic) bond motifs is 1. The second kappa shape index (κ2) is 9.12. The van der Waals surface area contributed by atoms with E-state index in [0.717, 1.165) is 0 Å². The lowest BCUT2D eigenvalue weighted by Gasteiger charge is -2.20. The van der Waals surface area contributed by atoms with Crippen molar-refractivity contribution in [2.24, 2.45) is 0 Å². The summed E-state index contributed by atoms with van der Waals surface area (Å²) < 4.78 is 21.5. The largest absolute Gasteiger partial charge is 0.467 e. The van der Waals surface area contributed by atoms with Gasteiger partial charge >= 0.3 is 0 Å². The van der Waals surface area contributed by atoms with Gasteiger partial charge < -0.3 is 14.3 Å². The summed E-state index contributed by atoms with van der Waals surface area (Å²) in [6.45, 7) is 2.18. The molecule has 0 aliphatic rings. The molecule has 0 unspecified atom stereocenters. The van der Waals surface area contributed by atoms with Gasteiger partial charge in [-0.3, -0.25) is 4.79 Å². The van der Waals surface area contributed by atoms with E-state index < -0.39 is 6.04 Å². The third-order valence-corrected chi connectivity index (χ3v) is 5.85. The Bertz CT molecular complexity index is 1220. The predicted molar refractivity (Wildman–Crippen MR) is 119 cm³/mol. The van der Waals surface area contributed by atoms with Gasteiger partial charge in [0.2, 0.25) is 5.91 Å². The number of carbonyl (C=O) groups excluding carboxylic acids is 1. The Kier molecular flexibility index (Phi) is 6.30. The number of carbonyl (C=O) groups is 1. The molecule has 31 heavy (non-hydrogen) atoms. The normalized spacial score (nSPS) is 12.3. The van der Waals surface area contributed by atoms with Crippen LogP contribution in [0, 0.1) is 5.82 Å². The van der Waals surface area contributed by atoms with Crippen LogP contribution in [0.25, 0.3) is 11.0 Å². The predicted octanol–water partition coefficient (Wildman–Crippen LogP) is 5.93. The summed E-state index contributed by atoms with van der Waals surface area (Å²) in [5.74, 6) is 0.685. The van der Waals surface area contributed by atoms with Gasteiger partial charge in [-0.2, -0.15) is 0 Å². The maximum atomic E-state index is 14.3. The second-order valence-corrected chi connectivity index (χ2v) is 7.96. The van der Waals surface area contributed by atoms with E-state index in [1.165, 1.54) is 6.07 Å². The molecule has 4 rings (SSSR count). The van der Waals surface area contributed by atoms with E-state index in [1.807, 2.05) is 11.5 Å². The summed E-state index contributed by atoms with van der Waals surface area (Å²) in [7, 11) is 0. The van der Waals surface area contributed by atoms with Crippen molar-refractivity contribution >= 4 is 40.1 Å². The summed E-state index contributed by atoms with van der Waals surface area (Å²) in [5, 5.41) is 3.63. The molecule has 1 atom stereocenters. The van der Waals surface area contributed by atoms with E-state index in [9.17, 15) is 9.18 Å². The van der Waals surface area contributed by atoms with Gasteiger partial charge in [0.15, 0.2) is 0 Å². The molecular formula is C23H20Cl2FN3O2. The van der Waals surface area contributed by atoms with Crippen molar-refractivity contribution in [3.05, 3.63) is 87.8 Å². The first-order valence-corrected chi connectivity index (χ1v) is 10.6. The first-order chi connectivity index (χ1) is 15.0. The molecule has 0 radical (unpaired) electrons. The topological polar surface area (TPSA) is 60.1 Å². The van der Waals surface area contributed by atoms with E-state index in [2.05, 4.69) is 10.3 Å². The van der Waals surface area contributed by atoms with Crippen LogP contribution in [0.2, 0.25) is 10.0 Å². The van der Waals surface area contributed by atoms with Crippen LogP contribution in [-0.4, -0.2) is 15.5 Å². The third-order valence-electron chi connectivity index (χ3n) is 5.13. The number of hydrogen-bond acceptors (Lipinski definition) is 3. The summed E-state index contributed by atoms with van der Waals surface area (Å²) in [5.41, 5.74) is 1.75. The molecule has 0 aliphatic heterocycles. The number of aromatic nitrogens is 2. The fourth-order valence-corrected chi connectivity index (χ4v) is 3.93. The van der Waals surface area contributed by atoms with E-state index in [-0.39, 0.29) is 24.7 Å². The molecule has 1 N–H and O–H groups in total. The lowest BCUT2D eigenvalue weighted by atomic mass is 10.1. The van der Waals surface area contributed by atoms with Gasteiger partial charge in [-0.05, 0) is 42.3 Å². The first-order valence-electron chi connectivity index (χ1n) is 9.87. The highest BCUT2D eigenvalue weighted by Gasteiger charge is 2.25. The molecule has 5 nitrogen and oxygen atoms in total. The van der Waals surface area contributed by atoms with E-state index >= 15 is 0 Å². The SMILES string of the molecule is CC[C@H](C(=O)NCc1ccco1)n1c(Cc2ccccc2F)nc2cc(Cl)c(Cl)cc21. The lowest BCUT2D eigenvalue weighted by Crippen LogP contribution is -2.32. The van der Waals surface area contributed by atoms with Gasteiger partial charge in [0.25, 0.3) is 0 Å². The number of nitrogens with one attached hydrogen (secondary N) is 1. The molecule has 0 bridgehead atoms. The smallest absolute Gasteiger partial charge is 0.243 e. The Morgan fingerprint density at radius 3 is 2.68 bits per heavy atom. The van der Waals surface area contributed by atoms with Crippen LogP contribution >= 0.6 is 23.2 Å². The van der Waals surface area contributed by atoms with Crippen molar-refractivity contribution in [3.8, 4) is 0 Å². The molecular weight excluding hydrogens is 440 g/mol.